The Bertz CT molecular complexity index is 1140. The van der Waals surface area contributed by atoms with E-state index in [1.165, 1.54) is 4.90 Å². The van der Waals surface area contributed by atoms with E-state index in [0.717, 1.165) is 0 Å². The van der Waals surface area contributed by atoms with E-state index in [0.29, 0.717) is 43.2 Å². The zero-order valence-corrected chi connectivity index (χ0v) is 24.4. The largest absolute Gasteiger partial charge is 0.444 e. The van der Waals surface area contributed by atoms with Gasteiger partial charge in [0.25, 0.3) is 5.91 Å². The molecule has 232 valence electrons. The lowest BCUT2D eigenvalue weighted by Gasteiger charge is -2.29. The van der Waals surface area contributed by atoms with Crippen molar-refractivity contribution in [2.24, 2.45) is 5.73 Å². The van der Waals surface area contributed by atoms with Crippen LogP contribution in [0.4, 0.5) is 10.5 Å². The smallest absolute Gasteiger partial charge is 0.408 e. The number of imide groups is 1. The number of nitrogens with one attached hydrogen (secondary N) is 3. The highest BCUT2D eigenvalue weighted by molar-refractivity contribution is 6.06. The van der Waals surface area contributed by atoms with Crippen LogP contribution in [0.25, 0.3) is 0 Å². The third-order valence-corrected chi connectivity index (χ3v) is 6.32. The number of alkyl carbamates (subject to hydrolysis) is 1. The molecule has 2 aliphatic heterocycles. The lowest BCUT2D eigenvalue weighted by molar-refractivity contribution is -0.137. The van der Waals surface area contributed by atoms with Gasteiger partial charge in [-0.2, -0.15) is 0 Å². The van der Waals surface area contributed by atoms with Crippen LogP contribution in [0.3, 0.4) is 0 Å². The van der Waals surface area contributed by atoms with Gasteiger partial charge in [0.1, 0.15) is 11.6 Å². The molecule has 14 heteroatoms. The molecule has 0 spiro atoms. The molecule has 3 rings (SSSR count). The molecule has 1 aromatic rings. The van der Waals surface area contributed by atoms with E-state index < -0.39 is 29.7 Å². The number of benzene rings is 1. The summed E-state index contributed by atoms with van der Waals surface area (Å²) in [7, 11) is 0. The molecule has 0 aliphatic carbocycles. The molecular weight excluding hydrogens is 550 g/mol. The van der Waals surface area contributed by atoms with Gasteiger partial charge in [0.05, 0.1) is 52.1 Å². The van der Waals surface area contributed by atoms with Gasteiger partial charge in [-0.3, -0.25) is 24.5 Å². The maximum Gasteiger partial charge on any atom is 0.408 e. The van der Waals surface area contributed by atoms with E-state index in [2.05, 4.69) is 16.0 Å². The van der Waals surface area contributed by atoms with Crippen LogP contribution in [0.5, 0.6) is 0 Å². The number of rotatable bonds is 15. The van der Waals surface area contributed by atoms with Gasteiger partial charge in [-0.25, -0.2) is 4.79 Å². The minimum Gasteiger partial charge on any atom is -0.444 e. The van der Waals surface area contributed by atoms with E-state index >= 15 is 0 Å². The molecule has 0 bridgehead atoms. The fourth-order valence-corrected chi connectivity index (χ4v) is 4.44. The highest BCUT2D eigenvalue weighted by Gasteiger charge is 2.40. The normalized spacial score (nSPS) is 17.5. The topological polar surface area (TPSA) is 188 Å². The summed E-state index contributed by atoms with van der Waals surface area (Å²) in [5.41, 5.74) is 6.19. The number of nitrogens with zero attached hydrogens (tertiary/aromatic N) is 1. The summed E-state index contributed by atoms with van der Waals surface area (Å²) in [6.45, 7) is 7.20. The fourth-order valence-electron chi connectivity index (χ4n) is 4.44. The van der Waals surface area contributed by atoms with Crippen LogP contribution >= 0.6 is 0 Å². The number of amides is 5. The standard InChI is InChI=1S/C28H41N5O9/c1-28(2,3)42-27(38)30-18(17-41-14-13-39-12-10-29)16-40-11-9-24(35)31-21-6-4-5-19-20(21)15-33(26(19)37)22-7-8-23(34)32-25(22)36/h4-6,18,22H,7-17,29H2,1-3H3,(H,30,38)(H,31,35)(H,32,34,36). The van der Waals surface area contributed by atoms with Crippen LogP contribution in [-0.4, -0.2) is 98.5 Å². The molecule has 2 heterocycles. The van der Waals surface area contributed by atoms with Crippen molar-refractivity contribution < 1.29 is 42.9 Å². The molecule has 2 atom stereocenters. The van der Waals surface area contributed by atoms with Crippen molar-refractivity contribution >= 4 is 35.4 Å². The Morgan fingerprint density at radius 2 is 1.79 bits per heavy atom. The van der Waals surface area contributed by atoms with Crippen molar-refractivity contribution in [2.45, 2.75) is 64.3 Å². The first-order valence-electron chi connectivity index (χ1n) is 14.0. The van der Waals surface area contributed by atoms with Crippen molar-refractivity contribution in [1.29, 1.82) is 0 Å². The third-order valence-electron chi connectivity index (χ3n) is 6.32. The number of carbonyl (C=O) groups is 5. The number of carbonyl (C=O) groups excluding carboxylic acids is 5. The molecule has 0 radical (unpaired) electrons. The number of hydrogen-bond donors (Lipinski definition) is 4. The Morgan fingerprint density at radius 1 is 1.07 bits per heavy atom. The first kappa shape index (κ1) is 32.9. The Balaban J connectivity index is 1.49. The van der Waals surface area contributed by atoms with Gasteiger partial charge in [0.15, 0.2) is 0 Å². The molecule has 42 heavy (non-hydrogen) atoms. The van der Waals surface area contributed by atoms with E-state index in [1.807, 2.05) is 0 Å². The van der Waals surface area contributed by atoms with Gasteiger partial charge in [-0.05, 0) is 39.3 Å². The van der Waals surface area contributed by atoms with Crippen LogP contribution in [-0.2, 0) is 39.9 Å². The zero-order chi connectivity index (χ0) is 30.7. The van der Waals surface area contributed by atoms with E-state index in [9.17, 15) is 24.0 Å². The Morgan fingerprint density at radius 3 is 2.48 bits per heavy atom. The molecule has 5 amide bonds. The molecule has 0 aromatic heterocycles. The van der Waals surface area contributed by atoms with Crippen LogP contribution in [0, 0.1) is 0 Å². The van der Waals surface area contributed by atoms with Gasteiger partial charge >= 0.3 is 6.09 Å². The lowest BCUT2D eigenvalue weighted by atomic mass is 10.0. The summed E-state index contributed by atoms with van der Waals surface area (Å²) in [6, 6.07) is 3.72. The molecule has 2 unspecified atom stereocenters. The molecule has 14 nitrogen and oxygen atoms in total. The molecule has 1 fully saturated rings. The van der Waals surface area contributed by atoms with Gasteiger partial charge < -0.3 is 40.2 Å². The van der Waals surface area contributed by atoms with E-state index in [-0.39, 0.29) is 63.3 Å². The average molecular weight is 592 g/mol. The summed E-state index contributed by atoms with van der Waals surface area (Å²) in [4.78, 5) is 63.2. The lowest BCUT2D eigenvalue weighted by Crippen LogP contribution is -2.52. The van der Waals surface area contributed by atoms with Crippen LogP contribution < -0.4 is 21.7 Å². The van der Waals surface area contributed by atoms with Crippen LogP contribution in [0.15, 0.2) is 18.2 Å². The predicted molar refractivity (Wildman–Crippen MR) is 150 cm³/mol. The third kappa shape index (κ3) is 10.0. The Kier molecular flexibility index (Phi) is 12.2. The van der Waals surface area contributed by atoms with Crippen molar-refractivity contribution in [2.75, 3.05) is 51.5 Å². The average Bonchev–Trinajstić information content (AvgIpc) is 3.24. The van der Waals surface area contributed by atoms with Crippen molar-refractivity contribution in [3.8, 4) is 0 Å². The summed E-state index contributed by atoms with van der Waals surface area (Å²) in [5.74, 6) is -1.52. The first-order chi connectivity index (χ1) is 20.0. The Hall–Kier alpha value is -3.59. The van der Waals surface area contributed by atoms with Gasteiger partial charge in [0.2, 0.25) is 17.7 Å². The Labute approximate surface area is 244 Å². The molecule has 1 saturated heterocycles. The van der Waals surface area contributed by atoms with Gasteiger partial charge in [0, 0.05) is 36.3 Å². The fraction of sp³-hybridized carbons (Fsp3) is 0.607. The quantitative estimate of drug-likeness (QED) is 0.167. The summed E-state index contributed by atoms with van der Waals surface area (Å²) in [5, 5.41) is 7.81. The minimum absolute atomic E-state index is 0.0153. The summed E-state index contributed by atoms with van der Waals surface area (Å²) >= 11 is 0. The second-order valence-electron chi connectivity index (χ2n) is 10.9. The zero-order valence-electron chi connectivity index (χ0n) is 24.4. The number of nitrogens with two attached hydrogens (primary N) is 1. The van der Waals surface area contributed by atoms with Crippen LogP contribution in [0.1, 0.15) is 56.0 Å². The van der Waals surface area contributed by atoms with E-state index in [4.69, 9.17) is 24.7 Å². The number of hydrogen-bond acceptors (Lipinski definition) is 10. The second-order valence-corrected chi connectivity index (χ2v) is 10.9. The molecule has 2 aliphatic rings. The first-order valence-corrected chi connectivity index (χ1v) is 14.0. The maximum absolute atomic E-state index is 13.0. The number of piperidine rings is 1. The summed E-state index contributed by atoms with van der Waals surface area (Å²) in [6.07, 6.45) is -0.193. The summed E-state index contributed by atoms with van der Waals surface area (Å²) < 4.78 is 21.8. The highest BCUT2D eigenvalue weighted by atomic mass is 16.6. The van der Waals surface area contributed by atoms with Crippen LogP contribution in [0.2, 0.25) is 0 Å². The van der Waals surface area contributed by atoms with Gasteiger partial charge in [-0.15, -0.1) is 0 Å². The molecule has 5 N–H and O–H groups in total. The monoisotopic (exact) mass is 591 g/mol. The molecular formula is C28H41N5O9. The van der Waals surface area contributed by atoms with Crippen molar-refractivity contribution in [1.82, 2.24) is 15.5 Å². The maximum atomic E-state index is 13.0. The van der Waals surface area contributed by atoms with Gasteiger partial charge in [-0.1, -0.05) is 6.07 Å². The molecule has 1 aromatic carbocycles. The number of fused-ring (bicyclic) bond motifs is 1. The number of anilines is 1. The van der Waals surface area contributed by atoms with E-state index in [1.54, 1.807) is 39.0 Å². The number of ether oxygens (including phenoxy) is 4. The SMILES string of the molecule is CC(C)(C)OC(=O)NC(COCCOCCN)COCCC(=O)Nc1cccc2c1CN(C1CCC(=O)NC1=O)C2=O. The minimum atomic E-state index is -0.746. The molecule has 0 saturated carbocycles. The van der Waals surface area contributed by atoms with Crippen molar-refractivity contribution in [3.63, 3.8) is 0 Å². The second kappa shape index (κ2) is 15.6. The van der Waals surface area contributed by atoms with Crippen molar-refractivity contribution in [3.05, 3.63) is 29.3 Å². The predicted octanol–water partition coefficient (Wildman–Crippen LogP) is 0.678. The highest BCUT2D eigenvalue weighted by Crippen LogP contribution is 2.32.